The highest BCUT2D eigenvalue weighted by Gasteiger charge is 1.99. The zero-order chi connectivity index (χ0) is 18.6. The second-order valence-electron chi connectivity index (χ2n) is 5.73. The summed E-state index contributed by atoms with van der Waals surface area (Å²) in [6.07, 6.45) is 30.4. The van der Waals surface area contributed by atoms with E-state index in [0.29, 0.717) is 0 Å². The summed E-state index contributed by atoms with van der Waals surface area (Å²) in [4.78, 5) is 10.3. The molecule has 0 aromatic heterocycles. The molecule has 0 saturated carbocycles. The summed E-state index contributed by atoms with van der Waals surface area (Å²) in [6, 6.07) is 0. The minimum atomic E-state index is -1.33. The van der Waals surface area contributed by atoms with Gasteiger partial charge in [0.05, 0.1) is 0 Å². The summed E-state index contributed by atoms with van der Waals surface area (Å²) in [5, 5.41) is 17.3. The van der Waals surface area contributed by atoms with Gasteiger partial charge in [-0.05, 0) is 18.9 Å². The molecular formula is C22H32O3. The van der Waals surface area contributed by atoms with Crippen LogP contribution in [0.3, 0.4) is 0 Å². The van der Waals surface area contributed by atoms with Crippen LogP contribution in [0.15, 0.2) is 72.6 Å². The Morgan fingerprint density at radius 2 is 1.16 bits per heavy atom. The fraction of sp³-hybridized carbons (Fsp3) is 0.409. The van der Waals surface area contributed by atoms with Gasteiger partial charge >= 0.3 is 5.97 Å². The molecule has 3 nitrogen and oxygen atoms in total. The summed E-state index contributed by atoms with van der Waals surface area (Å²) in [7, 11) is 0. The number of aliphatic carboxylic acids is 1. The Kier molecular flexibility index (Phi) is 16.4. The van der Waals surface area contributed by atoms with Crippen LogP contribution in [0.2, 0.25) is 0 Å². The number of hydrogen-bond donors (Lipinski definition) is 2. The van der Waals surface area contributed by atoms with Crippen molar-refractivity contribution in [3.63, 3.8) is 0 Å². The van der Waals surface area contributed by atoms with E-state index in [-0.39, 0.29) is 0 Å². The third-order valence-corrected chi connectivity index (χ3v) is 3.47. The average Bonchev–Trinajstić information content (AvgIpc) is 2.60. The van der Waals surface area contributed by atoms with Crippen LogP contribution in [-0.2, 0) is 4.79 Å². The largest absolute Gasteiger partial charge is 0.502 e. The van der Waals surface area contributed by atoms with Gasteiger partial charge in [-0.3, -0.25) is 0 Å². The number of carbonyl (C=O) groups is 1. The lowest BCUT2D eigenvalue weighted by atomic mass is 10.1. The van der Waals surface area contributed by atoms with Gasteiger partial charge in [-0.2, -0.15) is 0 Å². The topological polar surface area (TPSA) is 57.5 Å². The van der Waals surface area contributed by atoms with Gasteiger partial charge < -0.3 is 10.2 Å². The summed E-state index contributed by atoms with van der Waals surface area (Å²) < 4.78 is 0. The molecule has 0 unspecified atom stereocenters. The van der Waals surface area contributed by atoms with Crippen molar-refractivity contribution in [2.75, 3.05) is 0 Å². The zero-order valence-electron chi connectivity index (χ0n) is 15.3. The molecule has 0 aromatic rings. The summed E-state index contributed by atoms with van der Waals surface area (Å²) in [5.74, 6) is -2.01. The summed E-state index contributed by atoms with van der Waals surface area (Å²) >= 11 is 0. The Labute approximate surface area is 152 Å². The van der Waals surface area contributed by atoms with Crippen LogP contribution < -0.4 is 0 Å². The first-order valence-corrected chi connectivity index (χ1v) is 9.14. The first kappa shape index (κ1) is 22.7. The van der Waals surface area contributed by atoms with E-state index in [1.807, 2.05) is 30.4 Å². The molecule has 0 radical (unpaired) electrons. The Morgan fingerprint density at radius 3 is 1.72 bits per heavy atom. The number of aliphatic hydroxyl groups is 1. The zero-order valence-corrected chi connectivity index (χ0v) is 15.3. The SMILES string of the molecule is CCCCCCCCCC=CC=CC=CC=CC=CC=C(O)C(=O)O. The second kappa shape index (κ2) is 18.1. The Morgan fingerprint density at radius 1 is 0.680 bits per heavy atom. The highest BCUT2D eigenvalue weighted by atomic mass is 16.4. The van der Waals surface area contributed by atoms with Gasteiger partial charge in [-0.15, -0.1) is 0 Å². The summed E-state index contributed by atoms with van der Waals surface area (Å²) in [6.45, 7) is 2.25. The number of carboxylic acid groups (broad SMARTS) is 1. The lowest BCUT2D eigenvalue weighted by Crippen LogP contribution is -1.97. The minimum absolute atomic E-state index is 0.675. The summed E-state index contributed by atoms with van der Waals surface area (Å²) in [5.41, 5.74) is 0. The molecule has 0 aliphatic heterocycles. The number of rotatable bonds is 14. The molecular weight excluding hydrogens is 312 g/mol. The van der Waals surface area contributed by atoms with E-state index in [4.69, 9.17) is 10.2 Å². The van der Waals surface area contributed by atoms with Crippen LogP contribution in [-0.4, -0.2) is 16.2 Å². The fourth-order valence-corrected chi connectivity index (χ4v) is 2.06. The molecule has 0 aromatic carbocycles. The number of aliphatic hydroxyl groups excluding tert-OH is 1. The van der Waals surface area contributed by atoms with E-state index >= 15 is 0 Å². The number of allylic oxidation sites excluding steroid dienone is 11. The van der Waals surface area contributed by atoms with Crippen LogP contribution in [0.25, 0.3) is 0 Å². The van der Waals surface area contributed by atoms with Crippen LogP contribution in [0.5, 0.6) is 0 Å². The van der Waals surface area contributed by atoms with E-state index in [0.717, 1.165) is 12.5 Å². The van der Waals surface area contributed by atoms with Crippen molar-refractivity contribution in [1.29, 1.82) is 0 Å². The highest BCUT2D eigenvalue weighted by Crippen LogP contribution is 2.08. The first-order chi connectivity index (χ1) is 12.2. The van der Waals surface area contributed by atoms with Gasteiger partial charge in [0.1, 0.15) is 0 Å². The number of unbranched alkanes of at least 4 members (excludes halogenated alkanes) is 7. The van der Waals surface area contributed by atoms with Crippen molar-refractivity contribution in [2.45, 2.75) is 58.3 Å². The van der Waals surface area contributed by atoms with Crippen LogP contribution >= 0.6 is 0 Å². The van der Waals surface area contributed by atoms with Crippen molar-refractivity contribution in [3.8, 4) is 0 Å². The predicted octanol–water partition coefficient (Wildman–Crippen LogP) is 6.43. The Hall–Kier alpha value is -2.29. The smallest absolute Gasteiger partial charge is 0.370 e. The fourth-order valence-electron chi connectivity index (χ4n) is 2.06. The Bertz CT molecular complexity index is 505. The third-order valence-electron chi connectivity index (χ3n) is 3.47. The quantitative estimate of drug-likeness (QED) is 0.165. The molecule has 0 bridgehead atoms. The maximum atomic E-state index is 10.3. The van der Waals surface area contributed by atoms with E-state index in [1.165, 1.54) is 51.0 Å². The second-order valence-corrected chi connectivity index (χ2v) is 5.73. The normalized spacial score (nSPS) is 13.4. The maximum absolute atomic E-state index is 10.3. The van der Waals surface area contributed by atoms with E-state index in [9.17, 15) is 4.79 Å². The molecule has 3 heteroatoms. The van der Waals surface area contributed by atoms with Crippen molar-refractivity contribution >= 4 is 5.97 Å². The monoisotopic (exact) mass is 344 g/mol. The van der Waals surface area contributed by atoms with E-state index < -0.39 is 11.7 Å². The molecule has 0 saturated heterocycles. The molecule has 2 N–H and O–H groups in total. The van der Waals surface area contributed by atoms with E-state index in [1.54, 1.807) is 12.2 Å². The van der Waals surface area contributed by atoms with Crippen LogP contribution in [0, 0.1) is 0 Å². The molecule has 0 fully saturated rings. The molecule has 0 amide bonds. The van der Waals surface area contributed by atoms with Crippen molar-refractivity contribution in [3.05, 3.63) is 72.6 Å². The molecule has 0 rings (SSSR count). The van der Waals surface area contributed by atoms with Crippen molar-refractivity contribution < 1.29 is 15.0 Å². The molecule has 0 aliphatic carbocycles. The first-order valence-electron chi connectivity index (χ1n) is 9.14. The van der Waals surface area contributed by atoms with Gasteiger partial charge in [0.25, 0.3) is 0 Å². The van der Waals surface area contributed by atoms with Crippen molar-refractivity contribution in [2.24, 2.45) is 0 Å². The van der Waals surface area contributed by atoms with Gasteiger partial charge in [-0.1, -0.05) is 106 Å². The molecule has 0 atom stereocenters. The van der Waals surface area contributed by atoms with E-state index in [2.05, 4.69) is 19.1 Å². The standard InChI is InChI=1S/C22H32O3/c1-2-3-4-5-6-7-8-9-10-11-12-13-14-15-16-17-18-19-20-21(23)22(24)25/h10-20,23H,2-9H2,1H3,(H,24,25). The molecule has 0 aliphatic rings. The van der Waals surface area contributed by atoms with Crippen LogP contribution in [0.1, 0.15) is 58.3 Å². The highest BCUT2D eigenvalue weighted by molar-refractivity contribution is 5.83. The Balaban J connectivity index is 3.68. The van der Waals surface area contributed by atoms with Crippen molar-refractivity contribution in [1.82, 2.24) is 0 Å². The predicted molar refractivity (Wildman–Crippen MR) is 107 cm³/mol. The minimum Gasteiger partial charge on any atom is -0.502 e. The maximum Gasteiger partial charge on any atom is 0.370 e. The lowest BCUT2D eigenvalue weighted by Gasteiger charge is -1.98. The van der Waals surface area contributed by atoms with Gasteiger partial charge in [0, 0.05) is 0 Å². The molecule has 25 heavy (non-hydrogen) atoms. The van der Waals surface area contributed by atoms with Crippen LogP contribution in [0.4, 0.5) is 0 Å². The molecule has 0 spiro atoms. The number of hydrogen-bond acceptors (Lipinski definition) is 2. The number of carboxylic acids is 1. The lowest BCUT2D eigenvalue weighted by molar-refractivity contribution is -0.135. The van der Waals surface area contributed by atoms with Gasteiger partial charge in [0.15, 0.2) is 0 Å². The average molecular weight is 344 g/mol. The molecule has 138 valence electrons. The van der Waals surface area contributed by atoms with Gasteiger partial charge in [-0.25, -0.2) is 4.79 Å². The third kappa shape index (κ3) is 17.9. The molecule has 0 heterocycles. The van der Waals surface area contributed by atoms with Gasteiger partial charge in [0.2, 0.25) is 5.76 Å².